The Morgan fingerprint density at radius 1 is 1.50 bits per heavy atom. The minimum absolute atomic E-state index is 0.0510. The number of hydrazine groups is 1. The highest BCUT2D eigenvalue weighted by atomic mass is 35.5. The number of nitrogens with zero attached hydrogens (tertiary/aromatic N) is 1. The first-order chi connectivity index (χ1) is 7.69. The summed E-state index contributed by atoms with van der Waals surface area (Å²) in [5.41, 5.74) is 3.54. The van der Waals surface area contributed by atoms with Gasteiger partial charge in [0, 0.05) is 11.6 Å². The Hall–Kier alpha value is -1.26. The van der Waals surface area contributed by atoms with Crippen LogP contribution in [-0.2, 0) is 0 Å². The lowest BCUT2D eigenvalue weighted by atomic mass is 10.1. The number of nitrogens with two attached hydrogens (primary N) is 1. The molecule has 1 aromatic rings. The highest BCUT2D eigenvalue weighted by molar-refractivity contribution is 6.31. The lowest BCUT2D eigenvalue weighted by Gasteiger charge is -2.17. The van der Waals surface area contributed by atoms with Gasteiger partial charge in [-0.1, -0.05) is 29.8 Å². The maximum atomic E-state index is 6.09. The SMILES string of the molecule is CCN=C(NN)NC(C)c1ccccc1Cl. The van der Waals surface area contributed by atoms with Crippen LogP contribution in [0.25, 0.3) is 0 Å². The molecule has 1 aromatic carbocycles. The van der Waals surface area contributed by atoms with Gasteiger partial charge in [0.15, 0.2) is 0 Å². The van der Waals surface area contributed by atoms with E-state index in [-0.39, 0.29) is 6.04 Å². The van der Waals surface area contributed by atoms with E-state index < -0.39 is 0 Å². The maximum Gasteiger partial charge on any atom is 0.206 e. The molecule has 4 nitrogen and oxygen atoms in total. The second-order valence-electron chi connectivity index (χ2n) is 3.35. The predicted molar refractivity (Wildman–Crippen MR) is 68.3 cm³/mol. The van der Waals surface area contributed by atoms with Gasteiger partial charge in [0.05, 0.1) is 6.04 Å². The molecule has 0 spiro atoms. The summed E-state index contributed by atoms with van der Waals surface area (Å²) in [6.07, 6.45) is 0. The minimum Gasteiger partial charge on any atom is -0.349 e. The molecule has 88 valence electrons. The topological polar surface area (TPSA) is 62.4 Å². The van der Waals surface area contributed by atoms with Crippen molar-refractivity contribution in [2.24, 2.45) is 10.8 Å². The van der Waals surface area contributed by atoms with Gasteiger partial charge >= 0.3 is 0 Å². The van der Waals surface area contributed by atoms with Crippen molar-refractivity contribution in [3.63, 3.8) is 0 Å². The van der Waals surface area contributed by atoms with Crippen molar-refractivity contribution < 1.29 is 0 Å². The number of guanidine groups is 1. The quantitative estimate of drug-likeness (QED) is 0.327. The second kappa shape index (κ2) is 6.35. The third-order valence-electron chi connectivity index (χ3n) is 2.18. The molecule has 0 bridgehead atoms. The van der Waals surface area contributed by atoms with Gasteiger partial charge in [-0.3, -0.25) is 10.4 Å². The summed E-state index contributed by atoms with van der Waals surface area (Å²) in [6, 6.07) is 7.74. The number of hydrogen-bond donors (Lipinski definition) is 3. The summed E-state index contributed by atoms with van der Waals surface area (Å²) in [5.74, 6) is 5.91. The predicted octanol–water partition coefficient (Wildman–Crippen LogP) is 1.83. The van der Waals surface area contributed by atoms with Crippen LogP contribution in [0.2, 0.25) is 5.02 Å². The van der Waals surface area contributed by atoms with Crippen LogP contribution >= 0.6 is 11.6 Å². The van der Waals surface area contributed by atoms with Crippen LogP contribution in [0.15, 0.2) is 29.3 Å². The fourth-order valence-corrected chi connectivity index (χ4v) is 1.70. The zero-order chi connectivity index (χ0) is 12.0. The lowest BCUT2D eigenvalue weighted by Crippen LogP contribution is -2.42. The molecule has 0 radical (unpaired) electrons. The Kier molecular flexibility index (Phi) is 5.08. The van der Waals surface area contributed by atoms with Crippen molar-refractivity contribution >= 4 is 17.6 Å². The summed E-state index contributed by atoms with van der Waals surface area (Å²) < 4.78 is 0. The Balaban J connectivity index is 2.75. The van der Waals surface area contributed by atoms with Crippen molar-refractivity contribution in [1.29, 1.82) is 0 Å². The van der Waals surface area contributed by atoms with Crippen LogP contribution in [0.1, 0.15) is 25.5 Å². The molecule has 1 atom stereocenters. The van der Waals surface area contributed by atoms with Gasteiger partial charge in [0.2, 0.25) is 5.96 Å². The van der Waals surface area contributed by atoms with E-state index in [9.17, 15) is 0 Å². The van der Waals surface area contributed by atoms with Gasteiger partial charge in [-0.25, -0.2) is 5.84 Å². The van der Waals surface area contributed by atoms with Crippen molar-refractivity contribution in [2.75, 3.05) is 6.54 Å². The largest absolute Gasteiger partial charge is 0.349 e. The number of rotatable bonds is 3. The number of halogens is 1. The molecule has 5 heteroatoms. The molecule has 1 unspecified atom stereocenters. The third kappa shape index (κ3) is 3.40. The molecule has 0 aromatic heterocycles. The van der Waals surface area contributed by atoms with Crippen LogP contribution in [0.3, 0.4) is 0 Å². The number of benzene rings is 1. The Morgan fingerprint density at radius 2 is 2.19 bits per heavy atom. The van der Waals surface area contributed by atoms with Crippen molar-refractivity contribution in [3.05, 3.63) is 34.9 Å². The average molecular weight is 241 g/mol. The molecule has 4 N–H and O–H groups in total. The molecule has 0 aliphatic rings. The average Bonchev–Trinajstić information content (AvgIpc) is 2.28. The summed E-state index contributed by atoms with van der Waals surface area (Å²) in [5, 5.41) is 3.89. The van der Waals surface area contributed by atoms with Crippen molar-refractivity contribution in [3.8, 4) is 0 Å². The molecular formula is C11H17ClN4. The summed E-state index contributed by atoms with van der Waals surface area (Å²) >= 11 is 6.09. The fourth-order valence-electron chi connectivity index (χ4n) is 1.40. The zero-order valence-electron chi connectivity index (χ0n) is 9.50. The molecule has 0 saturated carbocycles. The van der Waals surface area contributed by atoms with Crippen molar-refractivity contribution in [1.82, 2.24) is 10.7 Å². The van der Waals surface area contributed by atoms with Gasteiger partial charge in [0.1, 0.15) is 0 Å². The molecule has 0 aliphatic heterocycles. The molecule has 0 aliphatic carbocycles. The summed E-state index contributed by atoms with van der Waals surface area (Å²) in [6.45, 7) is 4.62. The van der Waals surface area contributed by atoms with E-state index in [4.69, 9.17) is 17.4 Å². The lowest BCUT2D eigenvalue weighted by molar-refractivity contribution is 0.689. The first-order valence-corrected chi connectivity index (χ1v) is 5.58. The molecule has 0 fully saturated rings. The third-order valence-corrected chi connectivity index (χ3v) is 2.52. The number of hydrogen-bond acceptors (Lipinski definition) is 2. The standard InChI is InChI=1S/C11H17ClN4/c1-3-14-11(16-13)15-8(2)9-6-4-5-7-10(9)12/h4-8H,3,13H2,1-2H3,(H2,14,15,16). The van der Waals surface area contributed by atoms with Crippen LogP contribution in [0.5, 0.6) is 0 Å². The van der Waals surface area contributed by atoms with E-state index in [1.807, 2.05) is 38.1 Å². The van der Waals surface area contributed by atoms with Gasteiger partial charge in [0.25, 0.3) is 0 Å². The number of nitrogens with one attached hydrogen (secondary N) is 2. The molecule has 16 heavy (non-hydrogen) atoms. The van der Waals surface area contributed by atoms with E-state index in [0.717, 1.165) is 10.6 Å². The van der Waals surface area contributed by atoms with Crippen molar-refractivity contribution in [2.45, 2.75) is 19.9 Å². The van der Waals surface area contributed by atoms with E-state index in [0.29, 0.717) is 12.5 Å². The number of aliphatic imine (C=N–C) groups is 1. The molecule has 0 heterocycles. The normalized spacial score (nSPS) is 13.4. The monoisotopic (exact) mass is 240 g/mol. The van der Waals surface area contributed by atoms with Gasteiger partial charge in [-0.2, -0.15) is 0 Å². The van der Waals surface area contributed by atoms with Crippen LogP contribution in [0, 0.1) is 0 Å². The summed E-state index contributed by atoms with van der Waals surface area (Å²) in [4.78, 5) is 4.16. The smallest absolute Gasteiger partial charge is 0.206 e. The van der Waals surface area contributed by atoms with Gasteiger partial charge < -0.3 is 5.32 Å². The van der Waals surface area contributed by atoms with Crippen LogP contribution < -0.4 is 16.6 Å². The Bertz CT molecular complexity index is 365. The first kappa shape index (κ1) is 12.8. The van der Waals surface area contributed by atoms with Gasteiger partial charge in [-0.15, -0.1) is 0 Å². The van der Waals surface area contributed by atoms with Gasteiger partial charge in [-0.05, 0) is 25.5 Å². The Labute approximate surface area is 101 Å². The first-order valence-electron chi connectivity index (χ1n) is 5.21. The zero-order valence-corrected chi connectivity index (χ0v) is 10.3. The highest BCUT2D eigenvalue weighted by Crippen LogP contribution is 2.21. The molecule has 0 saturated heterocycles. The maximum absolute atomic E-state index is 6.09. The van der Waals surface area contributed by atoms with Crippen LogP contribution in [-0.4, -0.2) is 12.5 Å². The highest BCUT2D eigenvalue weighted by Gasteiger charge is 2.09. The van der Waals surface area contributed by atoms with E-state index >= 15 is 0 Å². The minimum atomic E-state index is 0.0510. The Morgan fingerprint density at radius 3 is 2.75 bits per heavy atom. The second-order valence-corrected chi connectivity index (χ2v) is 3.76. The van der Waals surface area contributed by atoms with E-state index in [1.54, 1.807) is 0 Å². The van der Waals surface area contributed by atoms with Crippen LogP contribution in [0.4, 0.5) is 0 Å². The molecule has 0 amide bonds. The fraction of sp³-hybridized carbons (Fsp3) is 0.364. The molecular weight excluding hydrogens is 224 g/mol. The van der Waals surface area contributed by atoms with E-state index in [1.165, 1.54) is 0 Å². The molecule has 1 rings (SSSR count). The summed E-state index contributed by atoms with van der Waals surface area (Å²) in [7, 11) is 0. The van der Waals surface area contributed by atoms with E-state index in [2.05, 4.69) is 15.7 Å².